The van der Waals surface area contributed by atoms with Gasteiger partial charge in [0.1, 0.15) is 11.9 Å². The maximum absolute atomic E-state index is 12.3. The van der Waals surface area contributed by atoms with Gasteiger partial charge >= 0.3 is 5.97 Å². The zero-order valence-electron chi connectivity index (χ0n) is 14.2. The van der Waals surface area contributed by atoms with Crippen LogP contribution in [0.1, 0.15) is 28.2 Å². The second-order valence-corrected chi connectivity index (χ2v) is 6.08. The second kappa shape index (κ2) is 7.26. The maximum Gasteiger partial charge on any atom is 0.305 e. The summed E-state index contributed by atoms with van der Waals surface area (Å²) in [6.07, 6.45) is 2.97. The summed E-state index contributed by atoms with van der Waals surface area (Å²) in [5.41, 5.74) is 1.85. The summed E-state index contributed by atoms with van der Waals surface area (Å²) in [5, 5.41) is 14.7. The molecule has 1 atom stereocenters. The Hall–Kier alpha value is -3.36. The van der Waals surface area contributed by atoms with E-state index in [1.165, 1.54) is 4.90 Å². The molecule has 0 saturated carbocycles. The number of likely N-dealkylation sites (N-methyl/N-ethyl adjacent to an activating group) is 1. The molecule has 9 heteroatoms. The van der Waals surface area contributed by atoms with E-state index < -0.39 is 12.0 Å². The van der Waals surface area contributed by atoms with Gasteiger partial charge in [0.2, 0.25) is 5.91 Å². The normalized spacial score (nSPS) is 16.4. The Labute approximate surface area is 149 Å². The Bertz CT molecular complexity index is 834. The smallest absolute Gasteiger partial charge is 0.305 e. The van der Waals surface area contributed by atoms with Crippen LogP contribution in [-0.2, 0) is 22.7 Å². The molecule has 0 aliphatic carbocycles. The second-order valence-electron chi connectivity index (χ2n) is 6.08. The molecular weight excluding hydrogens is 338 g/mol. The lowest BCUT2D eigenvalue weighted by Crippen LogP contribution is -2.39. The van der Waals surface area contributed by atoms with Gasteiger partial charge < -0.3 is 25.6 Å². The van der Waals surface area contributed by atoms with E-state index in [0.717, 1.165) is 5.56 Å². The van der Waals surface area contributed by atoms with E-state index >= 15 is 0 Å². The minimum atomic E-state index is -1.05. The van der Waals surface area contributed by atoms with Crippen LogP contribution in [0.4, 0.5) is 5.69 Å². The molecule has 0 fully saturated rings. The van der Waals surface area contributed by atoms with Crippen molar-refractivity contribution in [3.05, 3.63) is 47.5 Å². The molecule has 0 spiro atoms. The van der Waals surface area contributed by atoms with Gasteiger partial charge in [-0.25, -0.2) is 4.98 Å². The fraction of sp³-hybridized carbons (Fsp3) is 0.294. The van der Waals surface area contributed by atoms with Gasteiger partial charge in [-0.15, -0.1) is 0 Å². The highest BCUT2D eigenvalue weighted by Gasteiger charge is 2.29. The highest BCUT2D eigenvalue weighted by molar-refractivity contribution is 5.95. The fourth-order valence-electron chi connectivity index (χ4n) is 2.83. The number of aromatic nitrogens is 2. The molecule has 9 nitrogen and oxygen atoms in total. The lowest BCUT2D eigenvalue weighted by atomic mass is 10.1. The van der Waals surface area contributed by atoms with Crippen LogP contribution in [0.3, 0.4) is 0 Å². The number of H-pyrrole nitrogens is 1. The molecule has 1 aliphatic rings. The number of nitrogens with zero attached hydrogens (tertiary/aromatic N) is 2. The number of anilines is 1. The van der Waals surface area contributed by atoms with E-state index in [-0.39, 0.29) is 31.3 Å². The number of carboxylic acids is 1. The van der Waals surface area contributed by atoms with Crippen molar-refractivity contribution in [3.63, 3.8) is 0 Å². The Kier molecular flexibility index (Phi) is 4.87. The molecule has 26 heavy (non-hydrogen) atoms. The van der Waals surface area contributed by atoms with Crippen molar-refractivity contribution in [1.82, 2.24) is 20.2 Å². The molecule has 2 aromatic rings. The first-order chi connectivity index (χ1) is 12.4. The summed E-state index contributed by atoms with van der Waals surface area (Å²) < 4.78 is 0. The quantitative estimate of drug-likeness (QED) is 0.619. The standard InChI is InChI=1S/C17H19N5O4/c1-22-9-11-6-10(16(25)20-8-14-18-4-5-19-14)2-3-12(11)21-13(17(22)26)7-15(23)24/h2-6,13,21H,7-9H2,1H3,(H,18,19)(H,20,25)(H,23,24)/t13-/m0/s1. The van der Waals surface area contributed by atoms with E-state index in [1.807, 2.05) is 0 Å². The number of carbonyl (C=O) groups is 3. The topological polar surface area (TPSA) is 127 Å². The van der Waals surface area contributed by atoms with Crippen LogP contribution >= 0.6 is 0 Å². The summed E-state index contributed by atoms with van der Waals surface area (Å²) >= 11 is 0. The molecule has 1 aliphatic heterocycles. The fourth-order valence-corrected chi connectivity index (χ4v) is 2.83. The molecular formula is C17H19N5O4. The molecule has 136 valence electrons. The van der Waals surface area contributed by atoms with Crippen molar-refractivity contribution in [1.29, 1.82) is 0 Å². The molecule has 4 N–H and O–H groups in total. The number of fused-ring (bicyclic) bond motifs is 1. The Morgan fingerprint density at radius 3 is 2.92 bits per heavy atom. The molecule has 1 aromatic carbocycles. The molecule has 0 unspecified atom stereocenters. The number of hydrogen-bond donors (Lipinski definition) is 4. The summed E-state index contributed by atoms with van der Waals surface area (Å²) in [4.78, 5) is 44.0. The molecule has 3 rings (SSSR count). The first-order valence-electron chi connectivity index (χ1n) is 8.06. The number of carbonyl (C=O) groups excluding carboxylic acids is 2. The van der Waals surface area contributed by atoms with Crippen LogP contribution in [0.15, 0.2) is 30.6 Å². The molecule has 2 heterocycles. The Morgan fingerprint density at radius 1 is 1.42 bits per heavy atom. The van der Waals surface area contributed by atoms with E-state index in [4.69, 9.17) is 5.11 Å². The summed E-state index contributed by atoms with van der Waals surface area (Å²) in [6, 6.07) is 4.19. The first-order valence-corrected chi connectivity index (χ1v) is 8.06. The lowest BCUT2D eigenvalue weighted by molar-refractivity contribution is -0.141. The number of benzene rings is 1. The maximum atomic E-state index is 12.3. The number of aromatic amines is 1. The number of amides is 2. The SMILES string of the molecule is CN1Cc2cc(C(=O)NCc3ncc[nH]3)ccc2N[C@@H](CC(=O)O)C1=O. The average Bonchev–Trinajstić information content (AvgIpc) is 3.09. The highest BCUT2D eigenvalue weighted by atomic mass is 16.4. The Morgan fingerprint density at radius 2 is 2.23 bits per heavy atom. The van der Waals surface area contributed by atoms with Crippen molar-refractivity contribution < 1.29 is 19.5 Å². The van der Waals surface area contributed by atoms with Crippen molar-refractivity contribution in [2.24, 2.45) is 0 Å². The summed E-state index contributed by atoms with van der Waals surface area (Å²) in [7, 11) is 1.61. The van der Waals surface area contributed by atoms with E-state index in [1.54, 1.807) is 37.6 Å². The average molecular weight is 357 g/mol. The van der Waals surface area contributed by atoms with Crippen molar-refractivity contribution >= 4 is 23.5 Å². The largest absolute Gasteiger partial charge is 0.481 e. The van der Waals surface area contributed by atoms with Crippen LogP contribution < -0.4 is 10.6 Å². The number of rotatable bonds is 5. The third kappa shape index (κ3) is 3.82. The van der Waals surface area contributed by atoms with E-state index in [0.29, 0.717) is 17.1 Å². The lowest BCUT2D eigenvalue weighted by Gasteiger charge is -2.19. The monoisotopic (exact) mass is 357 g/mol. The molecule has 0 radical (unpaired) electrons. The van der Waals surface area contributed by atoms with Crippen molar-refractivity contribution in [2.75, 3.05) is 12.4 Å². The molecule has 0 bridgehead atoms. The predicted octanol–water partition coefficient (Wildman–Crippen LogP) is 0.567. The third-order valence-corrected chi connectivity index (χ3v) is 4.13. The first kappa shape index (κ1) is 17.5. The molecule has 0 saturated heterocycles. The number of aliphatic carboxylic acids is 1. The van der Waals surface area contributed by atoms with Gasteiger partial charge in [-0.1, -0.05) is 0 Å². The van der Waals surface area contributed by atoms with Gasteiger partial charge in [0, 0.05) is 37.2 Å². The van der Waals surface area contributed by atoms with Gasteiger partial charge in [0.25, 0.3) is 5.91 Å². The number of hydrogen-bond acceptors (Lipinski definition) is 5. The Balaban J connectivity index is 1.77. The van der Waals surface area contributed by atoms with Gasteiger partial charge in [0.15, 0.2) is 0 Å². The van der Waals surface area contributed by atoms with Crippen molar-refractivity contribution in [2.45, 2.75) is 25.6 Å². The highest BCUT2D eigenvalue weighted by Crippen LogP contribution is 2.24. The van der Waals surface area contributed by atoms with E-state index in [2.05, 4.69) is 20.6 Å². The molecule has 2 amide bonds. The van der Waals surface area contributed by atoms with Crippen molar-refractivity contribution in [3.8, 4) is 0 Å². The van der Waals surface area contributed by atoms with Gasteiger partial charge in [-0.3, -0.25) is 14.4 Å². The number of nitrogens with one attached hydrogen (secondary N) is 3. The zero-order valence-corrected chi connectivity index (χ0v) is 14.2. The van der Waals surface area contributed by atoms with Crippen LogP contribution in [0.2, 0.25) is 0 Å². The zero-order chi connectivity index (χ0) is 18.7. The third-order valence-electron chi connectivity index (χ3n) is 4.13. The summed E-state index contributed by atoms with van der Waals surface area (Å²) in [6.45, 7) is 0.566. The van der Waals surface area contributed by atoms with Gasteiger partial charge in [-0.05, 0) is 23.8 Å². The molecule has 1 aromatic heterocycles. The number of carboxylic acid groups (broad SMARTS) is 1. The van der Waals surface area contributed by atoms with Crippen LogP contribution in [0.25, 0.3) is 0 Å². The van der Waals surface area contributed by atoms with E-state index in [9.17, 15) is 14.4 Å². The van der Waals surface area contributed by atoms with Crippen LogP contribution in [0.5, 0.6) is 0 Å². The minimum absolute atomic E-state index is 0.260. The van der Waals surface area contributed by atoms with Crippen LogP contribution in [-0.4, -0.2) is 50.8 Å². The van der Waals surface area contributed by atoms with Gasteiger partial charge in [-0.2, -0.15) is 0 Å². The summed E-state index contributed by atoms with van der Waals surface area (Å²) in [5.74, 6) is -0.963. The van der Waals surface area contributed by atoms with Gasteiger partial charge in [0.05, 0.1) is 13.0 Å². The van der Waals surface area contributed by atoms with Crippen LogP contribution in [0, 0.1) is 0 Å². The number of imidazole rings is 1. The minimum Gasteiger partial charge on any atom is -0.481 e. The predicted molar refractivity (Wildman–Crippen MR) is 92.3 cm³/mol.